The quantitative estimate of drug-likeness (QED) is 0.353. The minimum absolute atomic E-state index is 0.0119. The van der Waals surface area contributed by atoms with Gasteiger partial charge in [-0.2, -0.15) is 0 Å². The van der Waals surface area contributed by atoms with Crippen molar-refractivity contribution in [3.8, 4) is 22.8 Å². The van der Waals surface area contributed by atoms with Crippen molar-refractivity contribution in [2.75, 3.05) is 29.9 Å². The van der Waals surface area contributed by atoms with Gasteiger partial charge in [0.05, 0.1) is 23.5 Å². The Morgan fingerprint density at radius 1 is 1.11 bits per heavy atom. The Bertz CT molecular complexity index is 1920. The van der Waals surface area contributed by atoms with E-state index < -0.39 is 52.2 Å². The number of likely N-dealkylation sites (N-methyl/N-ethyl adjacent to an activating group) is 1. The van der Waals surface area contributed by atoms with E-state index in [0.29, 0.717) is 5.69 Å². The number of aromatic nitrogens is 4. The number of piperazine rings is 1. The van der Waals surface area contributed by atoms with Crippen LogP contribution in [0.5, 0.6) is 5.75 Å². The van der Waals surface area contributed by atoms with Crippen molar-refractivity contribution < 1.29 is 23.5 Å². The molecule has 1 aromatic carbocycles. The summed E-state index contributed by atoms with van der Waals surface area (Å²) < 4.78 is 32.2. The Labute approximate surface area is 250 Å². The van der Waals surface area contributed by atoms with Crippen LogP contribution in [-0.2, 0) is 9.59 Å². The number of pyridine rings is 2. The number of hydrogen-bond acceptors (Lipinski definition) is 8. The van der Waals surface area contributed by atoms with E-state index in [-0.39, 0.29) is 53.1 Å². The number of fused-ring (bicyclic) bond motifs is 5. The number of halogens is 2. The third-order valence-corrected chi connectivity index (χ3v) is 8.18. The molecule has 0 aliphatic carbocycles. The minimum Gasteiger partial charge on any atom is -0.507 e. The molecule has 1 fully saturated rings. The lowest BCUT2D eigenvalue weighted by Crippen LogP contribution is -2.66. The highest BCUT2D eigenvalue weighted by Gasteiger charge is 2.46. The summed E-state index contributed by atoms with van der Waals surface area (Å²) >= 11 is 0. The molecule has 0 spiro atoms. The molecule has 4 aromatic rings. The van der Waals surface area contributed by atoms with Crippen LogP contribution in [0, 0.1) is 11.6 Å². The second-order valence-corrected chi connectivity index (χ2v) is 11.2. The fourth-order valence-corrected chi connectivity index (χ4v) is 6.08. The molecule has 0 bridgehead atoms. The molecule has 1 N–H and O–H groups in total. The first-order valence-corrected chi connectivity index (χ1v) is 14.0. The van der Waals surface area contributed by atoms with E-state index in [4.69, 9.17) is 0 Å². The van der Waals surface area contributed by atoms with Gasteiger partial charge in [-0.15, -0.1) is 0 Å². The first kappa shape index (κ1) is 28.9. The topological polar surface area (TPSA) is 125 Å². The van der Waals surface area contributed by atoms with Gasteiger partial charge in [-0.3, -0.25) is 19.4 Å². The van der Waals surface area contributed by atoms with Crippen LogP contribution in [0.4, 0.5) is 20.2 Å². The van der Waals surface area contributed by atoms with Crippen LogP contribution in [0.15, 0.2) is 54.1 Å². The van der Waals surface area contributed by atoms with Crippen molar-refractivity contribution in [1.29, 1.82) is 0 Å². The van der Waals surface area contributed by atoms with Gasteiger partial charge in [0.2, 0.25) is 5.91 Å². The molecule has 3 aromatic heterocycles. The van der Waals surface area contributed by atoms with Gasteiger partial charge in [-0.05, 0) is 37.1 Å². The van der Waals surface area contributed by atoms with Crippen molar-refractivity contribution in [1.82, 2.24) is 24.4 Å². The van der Waals surface area contributed by atoms with Gasteiger partial charge in [0.15, 0.2) is 17.3 Å². The fraction of sp³-hybridized carbons (Fsp3) is 0.290. The lowest BCUT2D eigenvalue weighted by molar-refractivity contribution is -0.130. The molecule has 226 valence electrons. The van der Waals surface area contributed by atoms with Gasteiger partial charge in [-0.25, -0.2) is 23.3 Å². The first-order valence-electron chi connectivity index (χ1n) is 14.0. The zero-order valence-corrected chi connectivity index (χ0v) is 24.5. The fourth-order valence-electron chi connectivity index (χ4n) is 6.08. The second-order valence-electron chi connectivity index (χ2n) is 11.2. The van der Waals surface area contributed by atoms with Crippen molar-refractivity contribution in [2.24, 2.45) is 0 Å². The maximum Gasteiger partial charge on any atom is 0.284 e. The van der Waals surface area contributed by atoms with Crippen molar-refractivity contribution in [3.63, 3.8) is 0 Å². The number of hydrogen-bond donors (Lipinski definition) is 1. The molecular weight excluding hydrogens is 572 g/mol. The normalized spacial score (nSPS) is 18.1. The Hall–Kier alpha value is -5.20. The number of carbonyl (C=O) groups is 2. The molecule has 0 unspecified atom stereocenters. The highest BCUT2D eigenvalue weighted by Crippen LogP contribution is 2.43. The maximum atomic E-state index is 16.0. The monoisotopic (exact) mass is 601 g/mol. The van der Waals surface area contributed by atoms with E-state index in [1.54, 1.807) is 11.8 Å². The molecular formula is C31H29F2N7O4. The number of nitrogens with zero attached hydrogens (tertiary/aromatic N) is 7. The summed E-state index contributed by atoms with van der Waals surface area (Å²) in [7, 11) is 1.45. The lowest BCUT2D eigenvalue weighted by atomic mass is 9.98. The molecule has 0 saturated carbocycles. The van der Waals surface area contributed by atoms with Crippen LogP contribution in [0.3, 0.4) is 0 Å². The summed E-state index contributed by atoms with van der Waals surface area (Å²) in [6, 6.07) is 3.40. The zero-order chi connectivity index (χ0) is 31.6. The Morgan fingerprint density at radius 2 is 1.84 bits per heavy atom. The number of anilines is 2. The van der Waals surface area contributed by atoms with E-state index >= 15 is 8.78 Å². The van der Waals surface area contributed by atoms with Gasteiger partial charge in [0.1, 0.15) is 29.0 Å². The molecule has 2 amide bonds. The third kappa shape index (κ3) is 4.21. The molecule has 6 rings (SSSR count). The van der Waals surface area contributed by atoms with Crippen molar-refractivity contribution in [3.05, 3.63) is 77.0 Å². The molecule has 2 atom stereocenters. The lowest BCUT2D eigenvalue weighted by Gasteiger charge is -2.49. The van der Waals surface area contributed by atoms with E-state index in [0.717, 1.165) is 16.7 Å². The smallest absolute Gasteiger partial charge is 0.284 e. The summed E-state index contributed by atoms with van der Waals surface area (Å²) in [6.07, 6.45) is 4.05. The zero-order valence-electron chi connectivity index (χ0n) is 24.5. The highest BCUT2D eigenvalue weighted by atomic mass is 19.1. The predicted octanol–water partition coefficient (Wildman–Crippen LogP) is 3.52. The SMILES string of the molecule is C=CC(=O)N1C[C@@H]2C(=O)N(C)c3c(c4cc(F)c(-c5c(O)cccc5F)nc4n(-c4nccnc4C(C)C)c3=O)N2C[C@H]1C. The summed E-state index contributed by atoms with van der Waals surface area (Å²) in [6.45, 7) is 9.25. The number of phenolic OH excluding ortho intramolecular Hbond substituents is 1. The van der Waals surface area contributed by atoms with Crippen LogP contribution >= 0.6 is 0 Å². The largest absolute Gasteiger partial charge is 0.507 e. The van der Waals surface area contributed by atoms with Gasteiger partial charge in [-0.1, -0.05) is 26.5 Å². The van der Waals surface area contributed by atoms with Crippen LogP contribution in [0.2, 0.25) is 0 Å². The van der Waals surface area contributed by atoms with Gasteiger partial charge in [0.25, 0.3) is 11.5 Å². The number of carbonyl (C=O) groups excluding carboxylic acids is 2. The Morgan fingerprint density at radius 3 is 2.52 bits per heavy atom. The maximum absolute atomic E-state index is 16.0. The van der Waals surface area contributed by atoms with Crippen LogP contribution in [0.1, 0.15) is 32.4 Å². The first-order chi connectivity index (χ1) is 21.0. The number of rotatable bonds is 4. The molecule has 44 heavy (non-hydrogen) atoms. The predicted molar refractivity (Wildman–Crippen MR) is 160 cm³/mol. The molecule has 5 heterocycles. The molecule has 1 saturated heterocycles. The minimum atomic E-state index is -0.960. The molecule has 11 nitrogen and oxygen atoms in total. The molecule has 0 radical (unpaired) electrons. The van der Waals surface area contributed by atoms with Crippen molar-refractivity contribution in [2.45, 2.75) is 38.8 Å². The second kappa shape index (κ2) is 10.5. The summed E-state index contributed by atoms with van der Waals surface area (Å²) in [5, 5.41) is 10.6. The third-order valence-electron chi connectivity index (χ3n) is 8.18. The standard InChI is InChI=1S/C31H29F2N7O4/c1-6-22(42)38-14-20-30(43)37(5)27-26(39(20)13-16(38)4)17-12-19(33)25(23-18(32)8-7-9-21(23)41)36-28(17)40(31(27)44)29-24(15(2)3)34-10-11-35-29/h6-12,15-16,20,41H,1,13-14H2,2-5H3/t16-,20-/m1/s1. The number of phenols is 1. The van der Waals surface area contributed by atoms with Crippen molar-refractivity contribution >= 4 is 34.2 Å². The average Bonchev–Trinajstić information content (AvgIpc) is 2.99. The molecule has 13 heteroatoms. The Balaban J connectivity index is 1.74. The Kier molecular flexibility index (Phi) is 6.90. The van der Waals surface area contributed by atoms with Crippen LogP contribution in [-0.4, -0.2) is 73.6 Å². The molecule has 2 aliphatic heterocycles. The number of amides is 2. The van der Waals surface area contributed by atoms with Gasteiger partial charge in [0, 0.05) is 37.4 Å². The highest BCUT2D eigenvalue weighted by molar-refractivity contribution is 6.12. The number of aromatic hydroxyl groups is 1. The summed E-state index contributed by atoms with van der Waals surface area (Å²) in [4.78, 5) is 58.7. The molecule has 2 aliphatic rings. The van der Waals surface area contributed by atoms with Crippen LogP contribution in [0.25, 0.3) is 28.1 Å². The van der Waals surface area contributed by atoms with Gasteiger partial charge < -0.3 is 19.8 Å². The van der Waals surface area contributed by atoms with E-state index in [9.17, 15) is 19.5 Å². The van der Waals surface area contributed by atoms with E-state index in [1.165, 1.54) is 47.4 Å². The van der Waals surface area contributed by atoms with Crippen LogP contribution < -0.4 is 15.4 Å². The summed E-state index contributed by atoms with van der Waals surface area (Å²) in [5.74, 6) is -3.27. The summed E-state index contributed by atoms with van der Waals surface area (Å²) in [5.41, 5.74) is -1.08. The average molecular weight is 602 g/mol. The number of benzene rings is 1. The van der Waals surface area contributed by atoms with Gasteiger partial charge >= 0.3 is 0 Å². The van der Waals surface area contributed by atoms with E-state index in [2.05, 4.69) is 21.5 Å². The van der Waals surface area contributed by atoms with E-state index in [1.807, 2.05) is 13.8 Å².